The minimum absolute atomic E-state index is 0.0247. The molecule has 4 heteroatoms. The number of hydrogen-bond acceptors (Lipinski definition) is 0. The van der Waals surface area contributed by atoms with Crippen LogP contribution in [0.2, 0.25) is 5.02 Å². The first-order valence-corrected chi connectivity index (χ1v) is 6.89. The highest BCUT2D eigenvalue weighted by molar-refractivity contribution is 9.10. The predicted molar refractivity (Wildman–Crippen MR) is 70.0 cm³/mol. The van der Waals surface area contributed by atoms with Gasteiger partial charge < -0.3 is 0 Å². The van der Waals surface area contributed by atoms with E-state index in [9.17, 15) is 8.78 Å². The highest BCUT2D eigenvalue weighted by atomic mass is 79.9. The zero-order chi connectivity index (χ0) is 12.6. The van der Waals surface area contributed by atoms with Crippen LogP contribution in [-0.2, 0) is 0 Å². The van der Waals surface area contributed by atoms with Crippen LogP contribution in [0.1, 0.15) is 42.7 Å². The van der Waals surface area contributed by atoms with E-state index in [1.165, 1.54) is 0 Å². The summed E-state index contributed by atoms with van der Waals surface area (Å²) in [6.07, 6.45) is 0.994. The Balaban J connectivity index is 2.21. The first-order chi connectivity index (χ1) is 7.89. The monoisotopic (exact) mass is 322 g/mol. The van der Waals surface area contributed by atoms with Crippen LogP contribution in [0.25, 0.3) is 0 Å². The van der Waals surface area contributed by atoms with E-state index in [4.69, 9.17) is 11.6 Å². The summed E-state index contributed by atoms with van der Waals surface area (Å²) in [6.45, 7) is 1.99. The van der Waals surface area contributed by atoms with Crippen molar-refractivity contribution in [1.29, 1.82) is 0 Å². The van der Waals surface area contributed by atoms with Crippen molar-refractivity contribution in [3.05, 3.63) is 32.8 Å². The molecule has 0 spiro atoms. The van der Waals surface area contributed by atoms with E-state index in [2.05, 4.69) is 15.9 Å². The fourth-order valence-corrected chi connectivity index (χ4v) is 3.14. The zero-order valence-electron chi connectivity index (χ0n) is 9.57. The van der Waals surface area contributed by atoms with Gasteiger partial charge in [-0.25, -0.2) is 8.78 Å². The summed E-state index contributed by atoms with van der Waals surface area (Å²) in [5.74, 6) is -2.30. The van der Waals surface area contributed by atoms with Crippen LogP contribution in [0, 0.1) is 6.92 Å². The summed E-state index contributed by atoms with van der Waals surface area (Å²) in [5.41, 5.74) is 2.12. The molecule has 0 amide bonds. The normalized spacial score (nSPS) is 20.5. The summed E-state index contributed by atoms with van der Waals surface area (Å²) in [4.78, 5) is 0. The Morgan fingerprint density at radius 1 is 1.29 bits per heavy atom. The van der Waals surface area contributed by atoms with E-state index in [0.717, 1.165) is 15.6 Å². The fourth-order valence-electron chi connectivity index (χ4n) is 2.34. The second-order valence-electron chi connectivity index (χ2n) is 4.75. The number of benzene rings is 1. The van der Waals surface area contributed by atoms with Crippen LogP contribution in [-0.4, -0.2) is 5.92 Å². The lowest BCUT2D eigenvalue weighted by Gasteiger charge is -2.29. The van der Waals surface area contributed by atoms with Gasteiger partial charge in [0, 0.05) is 22.3 Å². The number of aryl methyl sites for hydroxylation is 1. The Kier molecular flexibility index (Phi) is 3.79. The van der Waals surface area contributed by atoms with E-state index >= 15 is 0 Å². The second kappa shape index (κ2) is 4.85. The number of rotatable bonds is 1. The van der Waals surface area contributed by atoms with Crippen molar-refractivity contribution in [2.24, 2.45) is 0 Å². The van der Waals surface area contributed by atoms with Crippen LogP contribution < -0.4 is 0 Å². The largest absolute Gasteiger partial charge is 0.248 e. The topological polar surface area (TPSA) is 0 Å². The van der Waals surface area contributed by atoms with Crippen LogP contribution in [0.15, 0.2) is 16.6 Å². The van der Waals surface area contributed by atoms with Gasteiger partial charge in [0.2, 0.25) is 5.92 Å². The minimum Gasteiger partial charge on any atom is -0.207 e. The van der Waals surface area contributed by atoms with Crippen LogP contribution >= 0.6 is 27.5 Å². The molecule has 0 aromatic heterocycles. The molecule has 2 rings (SSSR count). The second-order valence-corrected chi connectivity index (χ2v) is 6.01. The molecule has 0 atom stereocenters. The summed E-state index contributed by atoms with van der Waals surface area (Å²) >= 11 is 9.61. The summed E-state index contributed by atoms with van der Waals surface area (Å²) in [5, 5.41) is 0.678. The van der Waals surface area contributed by atoms with Gasteiger partial charge in [0.1, 0.15) is 0 Å². The average Bonchev–Trinajstić information content (AvgIpc) is 2.24. The van der Waals surface area contributed by atoms with Gasteiger partial charge in [0.05, 0.1) is 0 Å². The smallest absolute Gasteiger partial charge is 0.207 e. The molecule has 0 heterocycles. The maximum Gasteiger partial charge on any atom is 0.248 e. The molecular formula is C13H14BrClF2. The van der Waals surface area contributed by atoms with Crippen molar-refractivity contribution in [2.75, 3.05) is 0 Å². The Morgan fingerprint density at radius 3 is 2.47 bits per heavy atom. The molecule has 1 aliphatic rings. The number of alkyl halides is 2. The number of hydrogen-bond donors (Lipinski definition) is 0. The third-order valence-corrected chi connectivity index (χ3v) is 4.62. The molecule has 0 aliphatic heterocycles. The lowest BCUT2D eigenvalue weighted by molar-refractivity contribution is -0.0382. The lowest BCUT2D eigenvalue weighted by Crippen LogP contribution is -2.23. The number of halogens is 4. The molecule has 1 aromatic rings. The van der Waals surface area contributed by atoms with E-state index in [-0.39, 0.29) is 18.8 Å². The molecule has 1 aliphatic carbocycles. The maximum absolute atomic E-state index is 13.1. The minimum atomic E-state index is -2.48. The van der Waals surface area contributed by atoms with E-state index in [1.807, 2.05) is 19.1 Å². The average molecular weight is 324 g/mol. The van der Waals surface area contributed by atoms with Crippen molar-refractivity contribution in [3.8, 4) is 0 Å². The Labute approximate surface area is 113 Å². The highest BCUT2D eigenvalue weighted by Crippen LogP contribution is 2.43. The predicted octanol–water partition coefficient (Wildman–Crippen LogP) is 5.70. The third-order valence-electron chi connectivity index (χ3n) is 3.43. The van der Waals surface area contributed by atoms with Crippen molar-refractivity contribution < 1.29 is 8.78 Å². The third kappa shape index (κ3) is 3.00. The van der Waals surface area contributed by atoms with Crippen LogP contribution in [0.4, 0.5) is 8.78 Å². The van der Waals surface area contributed by atoms with E-state index in [1.54, 1.807) is 0 Å². The summed E-state index contributed by atoms with van der Waals surface area (Å²) in [6, 6.07) is 3.87. The van der Waals surface area contributed by atoms with Gasteiger partial charge in [-0.15, -0.1) is 0 Å². The Morgan fingerprint density at radius 2 is 1.88 bits per heavy atom. The molecule has 0 radical (unpaired) electrons. The lowest BCUT2D eigenvalue weighted by atomic mass is 9.82. The van der Waals surface area contributed by atoms with Gasteiger partial charge in [0.15, 0.2) is 0 Å². The summed E-state index contributed by atoms with van der Waals surface area (Å²) < 4.78 is 27.2. The maximum atomic E-state index is 13.1. The van der Waals surface area contributed by atoms with Crippen molar-refractivity contribution in [2.45, 2.75) is 44.4 Å². The molecule has 0 nitrogen and oxygen atoms in total. The molecule has 1 fully saturated rings. The van der Waals surface area contributed by atoms with Crippen molar-refractivity contribution in [1.82, 2.24) is 0 Å². The molecule has 94 valence electrons. The molecule has 1 saturated carbocycles. The molecular weight excluding hydrogens is 309 g/mol. The summed E-state index contributed by atoms with van der Waals surface area (Å²) in [7, 11) is 0. The van der Waals surface area contributed by atoms with Crippen LogP contribution in [0.3, 0.4) is 0 Å². The van der Waals surface area contributed by atoms with E-state index in [0.29, 0.717) is 17.9 Å². The SMILES string of the molecule is Cc1cc(C2CCC(F)(F)CC2)c(Cl)cc1Br. The highest BCUT2D eigenvalue weighted by Gasteiger charge is 2.35. The molecule has 0 bridgehead atoms. The van der Waals surface area contributed by atoms with Gasteiger partial charge in [0.25, 0.3) is 0 Å². The molecule has 0 unspecified atom stereocenters. The van der Waals surface area contributed by atoms with Gasteiger partial charge >= 0.3 is 0 Å². The fraction of sp³-hybridized carbons (Fsp3) is 0.538. The van der Waals surface area contributed by atoms with Gasteiger partial charge in [-0.05, 0) is 42.9 Å². The van der Waals surface area contributed by atoms with Gasteiger partial charge in [-0.1, -0.05) is 33.6 Å². The first kappa shape index (κ1) is 13.3. The first-order valence-electron chi connectivity index (χ1n) is 5.72. The molecule has 0 N–H and O–H groups in total. The quantitative estimate of drug-likeness (QED) is 0.621. The van der Waals surface area contributed by atoms with Gasteiger partial charge in [-0.2, -0.15) is 0 Å². The zero-order valence-corrected chi connectivity index (χ0v) is 11.9. The van der Waals surface area contributed by atoms with Crippen molar-refractivity contribution >= 4 is 27.5 Å². The molecule has 1 aromatic carbocycles. The van der Waals surface area contributed by atoms with Crippen LogP contribution in [0.5, 0.6) is 0 Å². The Hall–Kier alpha value is -0.150. The van der Waals surface area contributed by atoms with Gasteiger partial charge in [-0.3, -0.25) is 0 Å². The Bertz CT molecular complexity index is 422. The molecule has 17 heavy (non-hydrogen) atoms. The molecule has 0 saturated heterocycles. The van der Waals surface area contributed by atoms with E-state index < -0.39 is 5.92 Å². The van der Waals surface area contributed by atoms with Crippen molar-refractivity contribution in [3.63, 3.8) is 0 Å². The standard InChI is InChI=1S/C13H14BrClF2/c1-8-6-10(12(15)7-11(8)14)9-2-4-13(16,17)5-3-9/h6-7,9H,2-5H2,1H3.